The molecule has 0 atom stereocenters. The van der Waals surface area contributed by atoms with Crippen LogP contribution in [0, 0.1) is 0 Å². The van der Waals surface area contributed by atoms with Gasteiger partial charge in [0.2, 0.25) is 0 Å². The third-order valence-electron chi connectivity index (χ3n) is 2.90. The smallest absolute Gasteiger partial charge is 0.417 e. The second-order valence-corrected chi connectivity index (χ2v) is 4.65. The molecule has 0 aliphatic rings. The average Bonchev–Trinajstić information content (AvgIpc) is 2.89. The zero-order chi connectivity index (χ0) is 13.6. The lowest BCUT2D eigenvalue weighted by Crippen LogP contribution is -1.92. The van der Waals surface area contributed by atoms with Crippen molar-refractivity contribution < 1.29 is 8.83 Å². The summed E-state index contributed by atoms with van der Waals surface area (Å²) in [5.74, 6) is 0.316. The van der Waals surface area contributed by atoms with Crippen LogP contribution >= 0.6 is 0 Å². The number of rotatable bonds is 2. The Morgan fingerprint density at radius 1 is 1.32 bits per heavy atom. The van der Waals surface area contributed by atoms with E-state index in [1.165, 1.54) is 0 Å². The highest BCUT2D eigenvalue weighted by Crippen LogP contribution is 2.32. The van der Waals surface area contributed by atoms with Gasteiger partial charge in [-0.2, -0.15) is 4.98 Å². The number of nitrogens with two attached hydrogens (primary N) is 1. The van der Waals surface area contributed by atoms with Crippen LogP contribution in [0.5, 0.6) is 0 Å². The lowest BCUT2D eigenvalue weighted by molar-refractivity contribution is 0.555. The van der Waals surface area contributed by atoms with Crippen molar-refractivity contribution in [1.29, 1.82) is 0 Å². The van der Waals surface area contributed by atoms with Crippen molar-refractivity contribution in [1.82, 2.24) is 9.97 Å². The van der Waals surface area contributed by atoms with E-state index in [0.717, 1.165) is 11.3 Å². The van der Waals surface area contributed by atoms with Gasteiger partial charge in [-0.15, -0.1) is 0 Å². The summed E-state index contributed by atoms with van der Waals surface area (Å²) < 4.78 is 10.5. The van der Waals surface area contributed by atoms with Gasteiger partial charge in [0.1, 0.15) is 0 Å². The Bertz CT molecular complexity index is 795. The quantitative estimate of drug-likeness (QED) is 0.736. The number of nitrogen functional groups attached to an aromatic ring is 1. The minimum absolute atomic E-state index is 0.134. The molecule has 0 fully saturated rings. The van der Waals surface area contributed by atoms with Gasteiger partial charge in [0.05, 0.1) is 11.2 Å². The molecule has 98 valence electrons. The minimum atomic E-state index is -0.478. The van der Waals surface area contributed by atoms with Crippen molar-refractivity contribution in [2.75, 3.05) is 5.73 Å². The van der Waals surface area contributed by atoms with E-state index in [2.05, 4.69) is 9.97 Å². The number of hydrogen-bond donors (Lipinski definition) is 2. The van der Waals surface area contributed by atoms with Crippen molar-refractivity contribution in [3.05, 3.63) is 34.4 Å². The van der Waals surface area contributed by atoms with Gasteiger partial charge >= 0.3 is 5.76 Å². The summed E-state index contributed by atoms with van der Waals surface area (Å²) in [4.78, 5) is 17.9. The van der Waals surface area contributed by atoms with Gasteiger partial charge in [0, 0.05) is 5.56 Å². The van der Waals surface area contributed by atoms with Crippen molar-refractivity contribution in [3.63, 3.8) is 0 Å². The zero-order valence-corrected chi connectivity index (χ0v) is 10.6. The second-order valence-electron chi connectivity index (χ2n) is 4.65. The maximum absolute atomic E-state index is 11.1. The van der Waals surface area contributed by atoms with Crippen LogP contribution in [0.4, 0.5) is 6.01 Å². The molecular weight excluding hydrogens is 246 g/mol. The molecule has 6 nitrogen and oxygen atoms in total. The number of aromatic amines is 1. The van der Waals surface area contributed by atoms with E-state index in [-0.39, 0.29) is 11.9 Å². The fourth-order valence-electron chi connectivity index (χ4n) is 2.03. The first-order chi connectivity index (χ1) is 9.04. The first-order valence-corrected chi connectivity index (χ1v) is 5.94. The molecule has 0 aliphatic heterocycles. The molecule has 0 radical (unpaired) electrons. The molecule has 2 heterocycles. The SMILES string of the molecule is CC(C)c1nc(N)oc1-c1ccc2[nH]c(=O)oc2c1. The zero-order valence-electron chi connectivity index (χ0n) is 10.6. The molecule has 0 bridgehead atoms. The van der Waals surface area contributed by atoms with Crippen molar-refractivity contribution in [2.45, 2.75) is 19.8 Å². The topological polar surface area (TPSA) is 98.0 Å². The van der Waals surface area contributed by atoms with E-state index in [1.807, 2.05) is 19.9 Å². The van der Waals surface area contributed by atoms with E-state index >= 15 is 0 Å². The first kappa shape index (κ1) is 11.6. The average molecular weight is 259 g/mol. The minimum Gasteiger partial charge on any atom is -0.423 e. The van der Waals surface area contributed by atoms with E-state index in [4.69, 9.17) is 14.6 Å². The first-order valence-electron chi connectivity index (χ1n) is 5.94. The molecule has 19 heavy (non-hydrogen) atoms. The summed E-state index contributed by atoms with van der Waals surface area (Å²) in [6.45, 7) is 4.02. The standard InChI is InChI=1S/C13H13N3O3/c1-6(2)10-11(19-12(14)16-10)7-3-4-8-9(5-7)18-13(17)15-8/h3-6H,1-2H3,(H2,14,16)(H,15,17). The van der Waals surface area contributed by atoms with Gasteiger partial charge in [-0.3, -0.25) is 4.98 Å². The molecule has 0 unspecified atom stereocenters. The van der Waals surface area contributed by atoms with E-state index in [9.17, 15) is 4.79 Å². The Balaban J connectivity index is 2.20. The summed E-state index contributed by atoms with van der Waals surface area (Å²) in [6.07, 6.45) is 0. The molecule has 2 aromatic heterocycles. The fraction of sp³-hybridized carbons (Fsp3) is 0.231. The summed E-state index contributed by atoms with van der Waals surface area (Å²) >= 11 is 0. The predicted molar refractivity (Wildman–Crippen MR) is 70.8 cm³/mol. The van der Waals surface area contributed by atoms with Crippen LogP contribution in [0.2, 0.25) is 0 Å². The molecule has 0 amide bonds. The molecule has 0 aliphatic carbocycles. The van der Waals surface area contributed by atoms with E-state index in [0.29, 0.717) is 16.9 Å². The fourth-order valence-corrected chi connectivity index (χ4v) is 2.03. The molecule has 0 saturated carbocycles. The highest BCUT2D eigenvalue weighted by molar-refractivity contribution is 5.79. The maximum atomic E-state index is 11.1. The number of H-pyrrole nitrogens is 1. The molecule has 3 rings (SSSR count). The number of nitrogens with zero attached hydrogens (tertiary/aromatic N) is 1. The molecule has 3 N–H and O–H groups in total. The number of aromatic nitrogens is 2. The normalized spacial score (nSPS) is 11.5. The van der Waals surface area contributed by atoms with Crippen molar-refractivity contribution in [2.24, 2.45) is 0 Å². The van der Waals surface area contributed by atoms with Gasteiger partial charge in [-0.25, -0.2) is 4.79 Å². The van der Waals surface area contributed by atoms with Crippen LogP contribution in [-0.4, -0.2) is 9.97 Å². The van der Waals surface area contributed by atoms with Crippen molar-refractivity contribution >= 4 is 17.1 Å². The summed E-state index contributed by atoms with van der Waals surface area (Å²) in [5, 5.41) is 0. The van der Waals surface area contributed by atoms with Gasteiger partial charge in [-0.05, 0) is 24.1 Å². The van der Waals surface area contributed by atoms with E-state index < -0.39 is 5.76 Å². The van der Waals surface area contributed by atoms with Crippen LogP contribution in [0.15, 0.2) is 31.8 Å². The van der Waals surface area contributed by atoms with Gasteiger partial charge in [0.25, 0.3) is 6.01 Å². The van der Waals surface area contributed by atoms with E-state index in [1.54, 1.807) is 12.1 Å². The Labute approximate surface area is 108 Å². The number of hydrogen-bond acceptors (Lipinski definition) is 5. The van der Waals surface area contributed by atoms with Gasteiger partial charge in [0.15, 0.2) is 11.3 Å². The molecule has 6 heteroatoms. The molecular formula is C13H13N3O3. The predicted octanol–water partition coefficient (Wildman–Crippen LogP) is 2.48. The molecule has 0 saturated heterocycles. The Hall–Kier alpha value is -2.50. The summed E-state index contributed by atoms with van der Waals surface area (Å²) in [6, 6.07) is 5.46. The molecule has 0 spiro atoms. The van der Waals surface area contributed by atoms with Gasteiger partial charge < -0.3 is 14.6 Å². The third-order valence-corrected chi connectivity index (χ3v) is 2.90. The lowest BCUT2D eigenvalue weighted by Gasteiger charge is -2.03. The molecule has 1 aromatic carbocycles. The van der Waals surface area contributed by atoms with Gasteiger partial charge in [-0.1, -0.05) is 13.8 Å². The number of anilines is 1. The molecule has 3 aromatic rings. The third kappa shape index (κ3) is 1.91. The van der Waals surface area contributed by atoms with Crippen LogP contribution in [-0.2, 0) is 0 Å². The van der Waals surface area contributed by atoms with Crippen molar-refractivity contribution in [3.8, 4) is 11.3 Å². The summed E-state index contributed by atoms with van der Waals surface area (Å²) in [5.41, 5.74) is 8.31. The largest absolute Gasteiger partial charge is 0.423 e. The number of nitrogens with one attached hydrogen (secondary N) is 1. The Kier molecular flexibility index (Phi) is 2.45. The van der Waals surface area contributed by atoms with Crippen LogP contribution in [0.1, 0.15) is 25.5 Å². The lowest BCUT2D eigenvalue weighted by atomic mass is 10.0. The highest BCUT2D eigenvalue weighted by atomic mass is 16.4. The maximum Gasteiger partial charge on any atom is 0.417 e. The Morgan fingerprint density at radius 2 is 2.11 bits per heavy atom. The highest BCUT2D eigenvalue weighted by Gasteiger charge is 2.17. The van der Waals surface area contributed by atoms with Crippen LogP contribution in [0.3, 0.4) is 0 Å². The van der Waals surface area contributed by atoms with Crippen LogP contribution < -0.4 is 11.5 Å². The number of benzene rings is 1. The summed E-state index contributed by atoms with van der Waals surface area (Å²) in [7, 11) is 0. The second kappa shape index (κ2) is 4.01. The number of oxazole rings is 2. The monoisotopic (exact) mass is 259 g/mol. The number of fused-ring (bicyclic) bond motifs is 1. The van der Waals surface area contributed by atoms with Crippen LogP contribution in [0.25, 0.3) is 22.4 Å². The Morgan fingerprint density at radius 3 is 2.84 bits per heavy atom.